The summed E-state index contributed by atoms with van der Waals surface area (Å²) in [5.74, 6) is -0.533. The highest BCUT2D eigenvalue weighted by molar-refractivity contribution is 7.89. The molecule has 0 aliphatic carbocycles. The average molecular weight is 437 g/mol. The molecule has 1 N–H and O–H groups in total. The van der Waals surface area contributed by atoms with Gasteiger partial charge in [0.2, 0.25) is 10.0 Å². The number of benzene rings is 2. The number of carbonyl (C=O) groups is 2. The number of halogens is 1. The van der Waals surface area contributed by atoms with Gasteiger partial charge in [0.1, 0.15) is 10.6 Å². The van der Waals surface area contributed by atoms with E-state index in [0.29, 0.717) is 24.3 Å². The van der Waals surface area contributed by atoms with Gasteiger partial charge >= 0.3 is 0 Å². The second-order valence-electron chi connectivity index (χ2n) is 6.68. The van der Waals surface area contributed by atoms with Crippen LogP contribution in [0.25, 0.3) is 0 Å². The number of anilines is 1. The maximum absolute atomic E-state index is 12.9. The number of nitrogens with zero attached hydrogens (tertiary/aromatic N) is 1. The highest BCUT2D eigenvalue weighted by atomic mass is 35.5. The lowest BCUT2D eigenvalue weighted by atomic mass is 10.1. The van der Waals surface area contributed by atoms with E-state index < -0.39 is 22.5 Å². The summed E-state index contributed by atoms with van der Waals surface area (Å²) in [4.78, 5) is 23.6. The fraction of sp³-hybridized carbons (Fsp3) is 0.300. The van der Waals surface area contributed by atoms with E-state index in [1.807, 2.05) is 0 Å². The molecule has 2 aromatic carbocycles. The van der Waals surface area contributed by atoms with Gasteiger partial charge < -0.3 is 10.1 Å². The minimum Gasteiger partial charge on any atom is -0.482 e. The Bertz CT molecular complexity index is 1030. The van der Waals surface area contributed by atoms with Crippen molar-refractivity contribution < 1.29 is 22.7 Å². The van der Waals surface area contributed by atoms with E-state index in [0.717, 1.165) is 12.8 Å². The van der Waals surface area contributed by atoms with E-state index in [1.165, 1.54) is 29.4 Å². The fourth-order valence-electron chi connectivity index (χ4n) is 3.03. The molecule has 7 nitrogen and oxygen atoms in total. The van der Waals surface area contributed by atoms with Crippen molar-refractivity contribution in [2.45, 2.75) is 24.7 Å². The summed E-state index contributed by atoms with van der Waals surface area (Å²) in [5.41, 5.74) is 0.924. The van der Waals surface area contributed by atoms with Gasteiger partial charge in [-0.15, -0.1) is 0 Å². The zero-order valence-corrected chi connectivity index (χ0v) is 17.4. The molecule has 9 heteroatoms. The van der Waals surface area contributed by atoms with E-state index in [2.05, 4.69) is 5.32 Å². The summed E-state index contributed by atoms with van der Waals surface area (Å²) in [5, 5.41) is 2.89. The molecule has 0 unspecified atom stereocenters. The fourth-order valence-corrected chi connectivity index (χ4v) is 4.94. The van der Waals surface area contributed by atoms with Crippen molar-refractivity contribution in [1.29, 1.82) is 0 Å². The number of amides is 1. The Labute approximate surface area is 174 Å². The number of ether oxygens (including phenoxy) is 1. The molecule has 0 radical (unpaired) electrons. The topological polar surface area (TPSA) is 92.8 Å². The van der Waals surface area contributed by atoms with Crippen molar-refractivity contribution in [3.05, 3.63) is 53.1 Å². The van der Waals surface area contributed by atoms with Crippen LogP contribution in [0.15, 0.2) is 47.4 Å². The molecular weight excluding hydrogens is 416 g/mol. The first kappa shape index (κ1) is 21.3. The second kappa shape index (κ2) is 8.94. The average Bonchev–Trinajstić information content (AvgIpc) is 3.23. The van der Waals surface area contributed by atoms with Crippen molar-refractivity contribution in [2.75, 3.05) is 25.0 Å². The molecule has 0 saturated carbocycles. The van der Waals surface area contributed by atoms with Crippen LogP contribution in [0, 0.1) is 0 Å². The first-order valence-electron chi connectivity index (χ1n) is 9.11. The molecule has 29 heavy (non-hydrogen) atoms. The van der Waals surface area contributed by atoms with E-state index >= 15 is 0 Å². The number of Topliss-reactive ketones (excluding diaryl/α,β-unsaturated/α-hetero) is 1. The number of nitrogens with one attached hydrogen (secondary N) is 1. The van der Waals surface area contributed by atoms with E-state index in [4.69, 9.17) is 16.3 Å². The second-order valence-corrected chi connectivity index (χ2v) is 9.02. The van der Waals surface area contributed by atoms with Gasteiger partial charge in [-0.05, 0) is 50.1 Å². The third kappa shape index (κ3) is 5.14. The molecule has 1 aliphatic heterocycles. The lowest BCUT2D eigenvalue weighted by Gasteiger charge is -2.18. The molecule has 1 fully saturated rings. The van der Waals surface area contributed by atoms with Gasteiger partial charge in [0.25, 0.3) is 5.91 Å². The zero-order chi connectivity index (χ0) is 21.0. The molecule has 0 aromatic heterocycles. The first-order valence-corrected chi connectivity index (χ1v) is 10.9. The minimum atomic E-state index is -3.76. The SMILES string of the molecule is CC(=O)c1cccc(NC(=O)COc2ccc(Cl)cc2S(=O)(=O)N2CCCC2)c1. The lowest BCUT2D eigenvalue weighted by Crippen LogP contribution is -2.28. The highest BCUT2D eigenvalue weighted by Crippen LogP contribution is 2.31. The maximum atomic E-state index is 12.9. The van der Waals surface area contributed by atoms with Crippen molar-refractivity contribution in [1.82, 2.24) is 4.31 Å². The first-order chi connectivity index (χ1) is 13.8. The van der Waals surface area contributed by atoms with Crippen LogP contribution in [0.2, 0.25) is 5.02 Å². The zero-order valence-electron chi connectivity index (χ0n) is 15.9. The predicted octanol–water partition coefficient (Wildman–Crippen LogP) is 3.34. The lowest BCUT2D eigenvalue weighted by molar-refractivity contribution is -0.118. The Kier molecular flexibility index (Phi) is 6.56. The normalized spacial score (nSPS) is 14.6. The number of carbonyl (C=O) groups excluding carboxylic acids is 2. The van der Waals surface area contributed by atoms with Crippen LogP contribution < -0.4 is 10.1 Å². The van der Waals surface area contributed by atoms with Crippen molar-refractivity contribution >= 4 is 39.0 Å². The van der Waals surface area contributed by atoms with Gasteiger partial charge in [-0.2, -0.15) is 4.31 Å². The molecular formula is C20H21ClN2O5S. The van der Waals surface area contributed by atoms with Crippen LogP contribution in [0.5, 0.6) is 5.75 Å². The molecule has 3 rings (SSSR count). The third-order valence-electron chi connectivity index (χ3n) is 4.50. The van der Waals surface area contributed by atoms with Crippen molar-refractivity contribution in [2.24, 2.45) is 0 Å². The summed E-state index contributed by atoms with van der Waals surface area (Å²) in [6.07, 6.45) is 1.61. The van der Waals surface area contributed by atoms with E-state index in [9.17, 15) is 18.0 Å². The number of sulfonamides is 1. The number of rotatable bonds is 7. The highest BCUT2D eigenvalue weighted by Gasteiger charge is 2.30. The van der Waals surface area contributed by atoms with Crippen LogP contribution in [-0.4, -0.2) is 44.1 Å². The minimum absolute atomic E-state index is 0.0572. The Balaban J connectivity index is 1.73. The molecule has 154 valence electrons. The summed E-state index contributed by atoms with van der Waals surface area (Å²) in [6, 6.07) is 10.8. The van der Waals surface area contributed by atoms with Crippen LogP contribution in [0.4, 0.5) is 5.69 Å². The number of hydrogen-bond donors (Lipinski definition) is 1. The Morgan fingerprint density at radius 2 is 1.86 bits per heavy atom. The van der Waals surface area contributed by atoms with Gasteiger partial charge in [-0.1, -0.05) is 23.7 Å². The molecule has 1 heterocycles. The Hall–Kier alpha value is -2.42. The molecule has 0 bridgehead atoms. The summed E-state index contributed by atoms with van der Waals surface area (Å²) in [7, 11) is -3.76. The summed E-state index contributed by atoms with van der Waals surface area (Å²) in [6.45, 7) is 1.93. The van der Waals surface area contributed by atoms with Crippen LogP contribution in [-0.2, 0) is 14.8 Å². The van der Waals surface area contributed by atoms with Gasteiger partial charge in [0.05, 0.1) is 0 Å². The summed E-state index contributed by atoms with van der Waals surface area (Å²) < 4.78 is 32.7. The number of hydrogen-bond acceptors (Lipinski definition) is 5. The smallest absolute Gasteiger partial charge is 0.262 e. The largest absolute Gasteiger partial charge is 0.482 e. The summed E-state index contributed by atoms with van der Waals surface area (Å²) >= 11 is 5.99. The van der Waals surface area contributed by atoms with Gasteiger partial charge in [-0.25, -0.2) is 8.42 Å². The third-order valence-corrected chi connectivity index (χ3v) is 6.66. The molecule has 0 spiro atoms. The van der Waals surface area contributed by atoms with E-state index in [-0.39, 0.29) is 21.5 Å². The molecule has 1 aliphatic rings. The van der Waals surface area contributed by atoms with Gasteiger partial charge in [-0.3, -0.25) is 9.59 Å². The quantitative estimate of drug-likeness (QED) is 0.672. The standard InChI is InChI=1S/C20H21ClN2O5S/c1-14(24)15-5-4-6-17(11-15)22-20(25)13-28-18-8-7-16(21)12-19(18)29(26,27)23-9-2-3-10-23/h4-8,11-12H,2-3,9-10,13H2,1H3,(H,22,25). The molecule has 2 aromatic rings. The van der Waals surface area contributed by atoms with Crippen molar-refractivity contribution in [3.63, 3.8) is 0 Å². The molecule has 1 amide bonds. The van der Waals surface area contributed by atoms with Crippen LogP contribution >= 0.6 is 11.6 Å². The Morgan fingerprint density at radius 3 is 2.55 bits per heavy atom. The Morgan fingerprint density at radius 1 is 1.14 bits per heavy atom. The molecule has 0 atom stereocenters. The van der Waals surface area contributed by atoms with Crippen LogP contribution in [0.1, 0.15) is 30.1 Å². The van der Waals surface area contributed by atoms with Crippen LogP contribution in [0.3, 0.4) is 0 Å². The monoisotopic (exact) mass is 436 g/mol. The van der Waals surface area contributed by atoms with Gasteiger partial charge in [0.15, 0.2) is 12.4 Å². The number of ketones is 1. The maximum Gasteiger partial charge on any atom is 0.262 e. The van der Waals surface area contributed by atoms with E-state index in [1.54, 1.807) is 24.3 Å². The van der Waals surface area contributed by atoms with Gasteiger partial charge in [0, 0.05) is 29.4 Å². The molecule has 1 saturated heterocycles. The van der Waals surface area contributed by atoms with Crippen molar-refractivity contribution in [3.8, 4) is 5.75 Å². The predicted molar refractivity (Wildman–Crippen MR) is 110 cm³/mol.